The van der Waals surface area contributed by atoms with E-state index >= 15 is 0 Å². The highest BCUT2D eigenvalue weighted by molar-refractivity contribution is 7.89. The van der Waals surface area contributed by atoms with Crippen LogP contribution in [0.1, 0.15) is 19.8 Å². The van der Waals surface area contributed by atoms with Crippen LogP contribution in [0.25, 0.3) is 0 Å². The maximum Gasteiger partial charge on any atom is 0.332 e. The fourth-order valence-corrected chi connectivity index (χ4v) is 2.52. The summed E-state index contributed by atoms with van der Waals surface area (Å²) in [6.45, 7) is 2.36. The second-order valence-electron chi connectivity index (χ2n) is 4.36. The number of ether oxygens (including phenoxy) is 1. The molecule has 118 valence electrons. The predicted molar refractivity (Wildman–Crippen MR) is 75.7 cm³/mol. The van der Waals surface area contributed by atoms with Gasteiger partial charge >= 0.3 is 5.97 Å². The van der Waals surface area contributed by atoms with E-state index in [1.165, 1.54) is 12.1 Å². The third-order valence-corrected chi connectivity index (χ3v) is 4.08. The number of rotatable bonds is 9. The Kier molecular flexibility index (Phi) is 6.60. The molecule has 0 aromatic heterocycles. The minimum Gasteiger partial charge on any atom is -0.494 e. The van der Waals surface area contributed by atoms with E-state index in [1.807, 2.05) is 6.92 Å². The number of nitrogens with one attached hydrogen (secondary N) is 1. The van der Waals surface area contributed by atoms with Crippen molar-refractivity contribution in [2.24, 2.45) is 0 Å². The van der Waals surface area contributed by atoms with Crippen LogP contribution in [-0.2, 0) is 14.8 Å². The Morgan fingerprint density at radius 2 is 1.95 bits per heavy atom. The molecule has 1 aromatic rings. The van der Waals surface area contributed by atoms with E-state index in [-0.39, 0.29) is 17.9 Å². The van der Waals surface area contributed by atoms with Gasteiger partial charge < -0.3 is 14.9 Å². The van der Waals surface area contributed by atoms with E-state index in [1.54, 1.807) is 12.1 Å². The normalized spacial score (nSPS) is 12.9. The molecule has 1 rings (SSSR count). The van der Waals surface area contributed by atoms with E-state index in [0.717, 1.165) is 6.42 Å². The van der Waals surface area contributed by atoms with Crippen LogP contribution in [0, 0.1) is 0 Å². The Morgan fingerprint density at radius 3 is 2.48 bits per heavy atom. The number of sulfonamides is 1. The summed E-state index contributed by atoms with van der Waals surface area (Å²) in [4.78, 5) is 10.5. The molecule has 0 heterocycles. The topological polar surface area (TPSA) is 113 Å². The van der Waals surface area contributed by atoms with Crippen LogP contribution < -0.4 is 9.46 Å². The number of carboxylic acids is 1. The van der Waals surface area contributed by atoms with Crippen molar-refractivity contribution >= 4 is 16.0 Å². The molecule has 0 saturated heterocycles. The third kappa shape index (κ3) is 5.70. The van der Waals surface area contributed by atoms with Gasteiger partial charge in [0.2, 0.25) is 10.0 Å². The Bertz CT molecular complexity index is 555. The Balaban J connectivity index is 2.59. The minimum atomic E-state index is -3.73. The summed E-state index contributed by atoms with van der Waals surface area (Å²) in [5.41, 5.74) is 0. The summed E-state index contributed by atoms with van der Waals surface area (Å²) < 4.78 is 31.4. The zero-order valence-electron chi connectivity index (χ0n) is 11.7. The molecular formula is C13H19NO6S. The first kappa shape index (κ1) is 17.4. The lowest BCUT2D eigenvalue weighted by molar-refractivity contribution is -0.146. The number of carboxylic acid groups (broad SMARTS) is 1. The Labute approximate surface area is 123 Å². The number of aliphatic carboxylic acids is 1. The molecule has 1 aromatic carbocycles. The molecule has 0 fully saturated rings. The highest BCUT2D eigenvalue weighted by Crippen LogP contribution is 2.16. The zero-order chi connectivity index (χ0) is 15.9. The van der Waals surface area contributed by atoms with Gasteiger partial charge in [0.25, 0.3) is 0 Å². The van der Waals surface area contributed by atoms with Gasteiger partial charge in [0, 0.05) is 6.54 Å². The minimum absolute atomic E-state index is 0.0520. The Morgan fingerprint density at radius 1 is 1.33 bits per heavy atom. The van der Waals surface area contributed by atoms with E-state index < -0.39 is 22.1 Å². The van der Waals surface area contributed by atoms with Crippen molar-refractivity contribution in [3.8, 4) is 5.75 Å². The van der Waals surface area contributed by atoms with Gasteiger partial charge in [0.1, 0.15) is 5.75 Å². The quantitative estimate of drug-likeness (QED) is 0.614. The SMILES string of the molecule is CCCOc1ccc(S(=O)(=O)NCCC(O)C(=O)O)cc1. The number of benzene rings is 1. The van der Waals surface area contributed by atoms with Crippen molar-refractivity contribution in [2.75, 3.05) is 13.2 Å². The van der Waals surface area contributed by atoms with E-state index in [0.29, 0.717) is 12.4 Å². The van der Waals surface area contributed by atoms with Crippen molar-refractivity contribution in [3.05, 3.63) is 24.3 Å². The Hall–Kier alpha value is -1.64. The van der Waals surface area contributed by atoms with Gasteiger partial charge in [0.15, 0.2) is 6.10 Å². The van der Waals surface area contributed by atoms with Gasteiger partial charge in [-0.15, -0.1) is 0 Å². The number of carbonyl (C=O) groups is 1. The van der Waals surface area contributed by atoms with Crippen LogP contribution in [0.4, 0.5) is 0 Å². The summed E-state index contributed by atoms with van der Waals surface area (Å²) >= 11 is 0. The number of hydrogen-bond donors (Lipinski definition) is 3. The predicted octanol–water partition coefficient (Wildman–Crippen LogP) is 0.589. The highest BCUT2D eigenvalue weighted by atomic mass is 32.2. The van der Waals surface area contributed by atoms with Crippen LogP contribution in [-0.4, -0.2) is 43.9 Å². The van der Waals surface area contributed by atoms with E-state index in [4.69, 9.17) is 14.9 Å². The second-order valence-corrected chi connectivity index (χ2v) is 6.13. The molecule has 0 aliphatic rings. The fraction of sp³-hybridized carbons (Fsp3) is 0.462. The number of aliphatic hydroxyl groups excluding tert-OH is 1. The fourth-order valence-electron chi connectivity index (χ4n) is 1.47. The smallest absolute Gasteiger partial charge is 0.332 e. The van der Waals surface area contributed by atoms with Gasteiger partial charge in [-0.25, -0.2) is 17.9 Å². The first-order chi connectivity index (χ1) is 9.86. The molecule has 0 radical (unpaired) electrons. The maximum absolute atomic E-state index is 11.9. The van der Waals surface area contributed by atoms with Gasteiger partial charge in [0.05, 0.1) is 11.5 Å². The average Bonchev–Trinajstić information content (AvgIpc) is 2.45. The molecule has 0 spiro atoms. The monoisotopic (exact) mass is 317 g/mol. The molecule has 0 saturated carbocycles. The first-order valence-corrected chi connectivity index (χ1v) is 7.98. The largest absolute Gasteiger partial charge is 0.494 e. The van der Waals surface area contributed by atoms with Crippen molar-refractivity contribution in [1.29, 1.82) is 0 Å². The molecule has 3 N–H and O–H groups in total. The standard InChI is InChI=1S/C13H19NO6S/c1-2-9-20-10-3-5-11(6-4-10)21(18,19)14-8-7-12(15)13(16)17/h3-6,12,14-15H,2,7-9H2,1H3,(H,16,17). The average molecular weight is 317 g/mol. The van der Waals surface area contributed by atoms with Crippen LogP contribution in [0.2, 0.25) is 0 Å². The molecular weight excluding hydrogens is 298 g/mol. The molecule has 0 aliphatic carbocycles. The van der Waals surface area contributed by atoms with Crippen LogP contribution >= 0.6 is 0 Å². The summed E-state index contributed by atoms with van der Waals surface area (Å²) in [5.74, 6) is -0.802. The summed E-state index contributed by atoms with van der Waals surface area (Å²) in [6.07, 6.45) is -0.933. The molecule has 1 unspecified atom stereocenters. The molecule has 0 amide bonds. The van der Waals surface area contributed by atoms with Crippen LogP contribution in [0.15, 0.2) is 29.2 Å². The van der Waals surface area contributed by atoms with Gasteiger partial charge in [-0.3, -0.25) is 0 Å². The van der Waals surface area contributed by atoms with Crippen molar-refractivity contribution in [2.45, 2.75) is 30.8 Å². The molecule has 7 nitrogen and oxygen atoms in total. The lowest BCUT2D eigenvalue weighted by Crippen LogP contribution is -2.30. The third-order valence-electron chi connectivity index (χ3n) is 2.60. The van der Waals surface area contributed by atoms with Gasteiger partial charge in [-0.2, -0.15) is 0 Å². The van der Waals surface area contributed by atoms with Crippen molar-refractivity contribution in [1.82, 2.24) is 4.72 Å². The summed E-state index contributed by atoms with van der Waals surface area (Å²) in [5, 5.41) is 17.6. The molecule has 1 atom stereocenters. The lowest BCUT2D eigenvalue weighted by atomic mass is 10.3. The molecule has 0 aliphatic heterocycles. The lowest BCUT2D eigenvalue weighted by Gasteiger charge is -2.09. The van der Waals surface area contributed by atoms with Gasteiger partial charge in [-0.1, -0.05) is 6.92 Å². The highest BCUT2D eigenvalue weighted by Gasteiger charge is 2.17. The zero-order valence-corrected chi connectivity index (χ0v) is 12.5. The van der Waals surface area contributed by atoms with Crippen molar-refractivity contribution < 1.29 is 28.2 Å². The maximum atomic E-state index is 11.9. The number of hydrogen-bond acceptors (Lipinski definition) is 5. The first-order valence-electron chi connectivity index (χ1n) is 6.50. The molecule has 0 bridgehead atoms. The molecule has 21 heavy (non-hydrogen) atoms. The van der Waals surface area contributed by atoms with Crippen LogP contribution in [0.3, 0.4) is 0 Å². The van der Waals surface area contributed by atoms with Crippen LogP contribution in [0.5, 0.6) is 5.75 Å². The van der Waals surface area contributed by atoms with Crippen molar-refractivity contribution in [3.63, 3.8) is 0 Å². The van der Waals surface area contributed by atoms with E-state index in [2.05, 4.69) is 4.72 Å². The summed E-state index contributed by atoms with van der Waals surface area (Å²) in [6, 6.07) is 5.91. The van der Waals surface area contributed by atoms with Gasteiger partial charge in [-0.05, 0) is 37.1 Å². The summed E-state index contributed by atoms with van der Waals surface area (Å²) in [7, 11) is -3.73. The second kappa shape index (κ2) is 7.96. The van der Waals surface area contributed by atoms with E-state index in [9.17, 15) is 13.2 Å². The number of aliphatic hydroxyl groups is 1. The molecule has 8 heteroatoms.